The van der Waals surface area contributed by atoms with E-state index in [1.54, 1.807) is 6.20 Å². The van der Waals surface area contributed by atoms with E-state index < -0.39 is 0 Å². The van der Waals surface area contributed by atoms with Gasteiger partial charge in [-0.1, -0.05) is 0 Å². The SMILES string of the molecule is O=C(NCc1ccn2ccnc2c1)Nc1ccc(OC2CCN(C(=O)CC3CCOCC3)CC2)cc1. The largest absolute Gasteiger partial charge is 0.490 e. The maximum absolute atomic E-state index is 12.6. The highest BCUT2D eigenvalue weighted by molar-refractivity contribution is 5.89. The van der Waals surface area contributed by atoms with Crippen LogP contribution in [0.3, 0.4) is 0 Å². The summed E-state index contributed by atoms with van der Waals surface area (Å²) in [5, 5.41) is 5.72. The molecular weight excluding hydrogens is 458 g/mol. The topological polar surface area (TPSA) is 97.2 Å². The van der Waals surface area contributed by atoms with Gasteiger partial charge in [0.2, 0.25) is 5.91 Å². The number of benzene rings is 1. The van der Waals surface area contributed by atoms with Gasteiger partial charge in [-0.25, -0.2) is 9.78 Å². The molecule has 2 aromatic heterocycles. The fraction of sp³-hybridized carbons (Fsp3) is 0.444. The lowest BCUT2D eigenvalue weighted by atomic mass is 9.95. The van der Waals surface area contributed by atoms with Gasteiger partial charge in [0.05, 0.1) is 0 Å². The number of carbonyl (C=O) groups is 2. The van der Waals surface area contributed by atoms with Crippen LogP contribution in [-0.2, 0) is 16.1 Å². The molecular formula is C27H33N5O4. The Morgan fingerprint density at radius 3 is 2.58 bits per heavy atom. The van der Waals surface area contributed by atoms with Crippen LogP contribution in [0.5, 0.6) is 5.75 Å². The summed E-state index contributed by atoms with van der Waals surface area (Å²) >= 11 is 0. The number of pyridine rings is 1. The van der Waals surface area contributed by atoms with Gasteiger partial charge in [-0.3, -0.25) is 4.79 Å². The average Bonchev–Trinajstić information content (AvgIpc) is 3.38. The number of piperidine rings is 1. The Morgan fingerprint density at radius 2 is 1.81 bits per heavy atom. The molecule has 0 unspecified atom stereocenters. The van der Waals surface area contributed by atoms with Crippen molar-refractivity contribution in [2.24, 2.45) is 5.92 Å². The number of aromatic nitrogens is 2. The maximum Gasteiger partial charge on any atom is 0.319 e. The average molecular weight is 492 g/mol. The van der Waals surface area contributed by atoms with Crippen molar-refractivity contribution in [2.75, 3.05) is 31.6 Å². The number of hydrogen-bond donors (Lipinski definition) is 2. The summed E-state index contributed by atoms with van der Waals surface area (Å²) < 4.78 is 13.5. The van der Waals surface area contributed by atoms with E-state index in [1.165, 1.54) is 0 Å². The van der Waals surface area contributed by atoms with E-state index in [0.717, 1.165) is 68.9 Å². The molecule has 5 rings (SSSR count). The molecule has 2 aliphatic rings. The molecule has 3 amide bonds. The number of nitrogens with one attached hydrogen (secondary N) is 2. The summed E-state index contributed by atoms with van der Waals surface area (Å²) in [6, 6.07) is 11.0. The molecule has 0 saturated carbocycles. The molecule has 0 radical (unpaired) electrons. The highest BCUT2D eigenvalue weighted by atomic mass is 16.5. The zero-order chi connectivity index (χ0) is 24.7. The lowest BCUT2D eigenvalue weighted by Crippen LogP contribution is -2.42. The van der Waals surface area contributed by atoms with Crippen LogP contribution in [0, 0.1) is 5.92 Å². The van der Waals surface area contributed by atoms with E-state index in [0.29, 0.717) is 24.6 Å². The zero-order valence-electron chi connectivity index (χ0n) is 20.4. The van der Waals surface area contributed by atoms with Gasteiger partial charge in [0, 0.05) is 76.4 Å². The number of carbonyl (C=O) groups excluding carboxylic acids is 2. The number of urea groups is 1. The minimum Gasteiger partial charge on any atom is -0.490 e. The minimum atomic E-state index is -0.273. The van der Waals surface area contributed by atoms with Crippen molar-refractivity contribution in [3.05, 3.63) is 60.6 Å². The van der Waals surface area contributed by atoms with Gasteiger partial charge < -0.3 is 29.4 Å². The third kappa shape index (κ3) is 6.34. The molecule has 4 heterocycles. The van der Waals surface area contributed by atoms with E-state index in [4.69, 9.17) is 9.47 Å². The Kier molecular flexibility index (Phi) is 7.66. The number of nitrogens with zero attached hydrogens (tertiary/aromatic N) is 3. The second kappa shape index (κ2) is 11.4. The van der Waals surface area contributed by atoms with Crippen LogP contribution < -0.4 is 15.4 Å². The normalized spacial score (nSPS) is 17.2. The molecule has 9 heteroatoms. The summed E-state index contributed by atoms with van der Waals surface area (Å²) in [4.78, 5) is 31.2. The van der Waals surface area contributed by atoms with E-state index in [9.17, 15) is 9.59 Å². The minimum absolute atomic E-state index is 0.0895. The van der Waals surface area contributed by atoms with Gasteiger partial charge in [-0.2, -0.15) is 0 Å². The molecule has 2 fully saturated rings. The lowest BCUT2D eigenvalue weighted by Gasteiger charge is -2.33. The molecule has 2 saturated heterocycles. The second-order valence-electron chi connectivity index (χ2n) is 9.52. The quantitative estimate of drug-likeness (QED) is 0.523. The standard InChI is InChI=1S/C27H33N5O4/c33-26(18-20-8-15-35-16-9-20)32-12-6-24(7-13-32)36-23-3-1-22(2-4-23)30-27(34)29-19-21-5-11-31-14-10-28-25(31)17-21/h1-5,10-11,14,17,20,24H,6-9,12-13,15-16,18-19H2,(H2,29,30,34). The third-order valence-corrected chi connectivity index (χ3v) is 6.93. The number of fused-ring (bicyclic) bond motifs is 1. The van der Waals surface area contributed by atoms with Crippen LogP contribution in [0.4, 0.5) is 10.5 Å². The first-order valence-corrected chi connectivity index (χ1v) is 12.7. The Hall–Kier alpha value is -3.59. The summed E-state index contributed by atoms with van der Waals surface area (Å²) in [5.41, 5.74) is 2.51. The lowest BCUT2D eigenvalue weighted by molar-refractivity contribution is -0.134. The van der Waals surface area contributed by atoms with Crippen LogP contribution in [0.15, 0.2) is 55.0 Å². The highest BCUT2D eigenvalue weighted by Gasteiger charge is 2.26. The molecule has 2 aliphatic heterocycles. The summed E-state index contributed by atoms with van der Waals surface area (Å²) in [5.74, 6) is 1.48. The number of rotatable bonds is 7. The van der Waals surface area contributed by atoms with Crippen molar-refractivity contribution < 1.29 is 19.1 Å². The number of hydrogen-bond acceptors (Lipinski definition) is 5. The predicted octanol–water partition coefficient (Wildman–Crippen LogP) is 3.84. The van der Waals surface area contributed by atoms with E-state index in [2.05, 4.69) is 15.6 Å². The Bertz CT molecular complexity index is 1160. The summed E-state index contributed by atoms with van der Waals surface area (Å²) in [6.07, 6.45) is 9.89. The molecule has 0 atom stereocenters. The van der Waals surface area contributed by atoms with Crippen LogP contribution in [0.2, 0.25) is 0 Å². The monoisotopic (exact) mass is 491 g/mol. The molecule has 1 aromatic carbocycles. The first-order valence-electron chi connectivity index (χ1n) is 12.7. The van der Waals surface area contributed by atoms with Gasteiger partial charge in [0.25, 0.3) is 0 Å². The highest BCUT2D eigenvalue weighted by Crippen LogP contribution is 2.24. The maximum atomic E-state index is 12.6. The van der Waals surface area contributed by atoms with Crippen LogP contribution >= 0.6 is 0 Å². The van der Waals surface area contributed by atoms with Crippen LogP contribution in [-0.4, -0.2) is 58.6 Å². The van der Waals surface area contributed by atoms with Crippen molar-refractivity contribution >= 4 is 23.3 Å². The van der Waals surface area contributed by atoms with Gasteiger partial charge in [-0.15, -0.1) is 0 Å². The Morgan fingerprint density at radius 1 is 1.03 bits per heavy atom. The van der Waals surface area contributed by atoms with Crippen molar-refractivity contribution in [3.63, 3.8) is 0 Å². The molecule has 36 heavy (non-hydrogen) atoms. The van der Waals surface area contributed by atoms with E-state index in [-0.39, 0.29) is 18.0 Å². The summed E-state index contributed by atoms with van der Waals surface area (Å²) in [6.45, 7) is 3.43. The Labute approximate surface area is 210 Å². The summed E-state index contributed by atoms with van der Waals surface area (Å²) in [7, 11) is 0. The van der Waals surface area contributed by atoms with Crippen molar-refractivity contribution in [1.82, 2.24) is 19.6 Å². The van der Waals surface area contributed by atoms with Gasteiger partial charge in [0.15, 0.2) is 0 Å². The third-order valence-electron chi connectivity index (χ3n) is 6.93. The van der Waals surface area contributed by atoms with Crippen LogP contribution in [0.1, 0.15) is 37.7 Å². The van der Waals surface area contributed by atoms with Gasteiger partial charge >= 0.3 is 6.03 Å². The van der Waals surface area contributed by atoms with Gasteiger partial charge in [0.1, 0.15) is 17.5 Å². The number of likely N-dealkylation sites (tertiary alicyclic amines) is 1. The number of anilines is 1. The number of ether oxygens (including phenoxy) is 2. The fourth-order valence-electron chi connectivity index (χ4n) is 4.78. The van der Waals surface area contributed by atoms with Crippen LogP contribution in [0.25, 0.3) is 5.65 Å². The first-order chi connectivity index (χ1) is 17.6. The number of imidazole rings is 1. The predicted molar refractivity (Wildman–Crippen MR) is 136 cm³/mol. The van der Waals surface area contributed by atoms with Crippen molar-refractivity contribution in [2.45, 2.75) is 44.8 Å². The molecule has 9 nitrogen and oxygen atoms in total. The van der Waals surface area contributed by atoms with E-state index >= 15 is 0 Å². The van der Waals surface area contributed by atoms with Gasteiger partial charge in [-0.05, 0) is 60.7 Å². The first kappa shape index (κ1) is 24.1. The number of amides is 3. The molecule has 0 bridgehead atoms. The molecule has 2 N–H and O–H groups in total. The van der Waals surface area contributed by atoms with E-state index in [1.807, 2.05) is 58.1 Å². The second-order valence-corrected chi connectivity index (χ2v) is 9.52. The fourth-order valence-corrected chi connectivity index (χ4v) is 4.78. The van der Waals surface area contributed by atoms with Crippen molar-refractivity contribution in [3.8, 4) is 5.75 Å². The molecule has 190 valence electrons. The molecule has 3 aromatic rings. The zero-order valence-corrected chi connectivity index (χ0v) is 20.4. The Balaban J connectivity index is 1.03. The molecule has 0 aliphatic carbocycles. The van der Waals surface area contributed by atoms with Crippen molar-refractivity contribution in [1.29, 1.82) is 0 Å². The molecule has 0 spiro atoms. The smallest absolute Gasteiger partial charge is 0.319 e.